The van der Waals surface area contributed by atoms with Gasteiger partial charge in [0, 0.05) is 38.0 Å². The summed E-state index contributed by atoms with van der Waals surface area (Å²) < 4.78 is 5.36. The minimum Gasteiger partial charge on any atom is -0.381 e. The van der Waals surface area contributed by atoms with Gasteiger partial charge in [0.2, 0.25) is 5.91 Å². The number of benzene rings is 1. The van der Waals surface area contributed by atoms with E-state index >= 15 is 0 Å². The molecular weight excluding hydrogens is 401 g/mol. The van der Waals surface area contributed by atoms with Crippen LogP contribution in [-0.2, 0) is 9.53 Å². The SMILES string of the molecule is CC1CCCCN1C(=O)c1ccc(NC(=O)C2(CN)CCOCC2)cc1Cl.Cl. The Bertz CT molecular complexity index is 708. The van der Waals surface area contributed by atoms with Crippen molar-refractivity contribution in [2.75, 3.05) is 31.6 Å². The molecule has 3 rings (SSSR count). The van der Waals surface area contributed by atoms with E-state index in [0.29, 0.717) is 42.3 Å². The molecule has 0 bridgehead atoms. The number of amides is 2. The van der Waals surface area contributed by atoms with Crippen molar-refractivity contribution in [1.82, 2.24) is 4.90 Å². The number of carbonyl (C=O) groups excluding carboxylic acids is 2. The molecule has 2 saturated heterocycles. The van der Waals surface area contributed by atoms with E-state index in [4.69, 9.17) is 22.1 Å². The number of nitrogens with zero attached hydrogens (tertiary/aromatic N) is 1. The van der Waals surface area contributed by atoms with Gasteiger partial charge in [0.1, 0.15) is 0 Å². The first kappa shape index (κ1) is 22.9. The minimum absolute atomic E-state index is 0. The van der Waals surface area contributed by atoms with E-state index in [-0.39, 0.29) is 36.8 Å². The Morgan fingerprint density at radius 2 is 2.04 bits per heavy atom. The molecule has 2 fully saturated rings. The van der Waals surface area contributed by atoms with Crippen LogP contribution in [0.5, 0.6) is 0 Å². The average molecular weight is 430 g/mol. The van der Waals surface area contributed by atoms with Gasteiger partial charge in [-0.3, -0.25) is 9.59 Å². The lowest BCUT2D eigenvalue weighted by Crippen LogP contribution is -2.46. The van der Waals surface area contributed by atoms with Crippen LogP contribution in [0.3, 0.4) is 0 Å². The molecule has 0 aromatic heterocycles. The second-order valence-electron chi connectivity index (χ2n) is 7.59. The Balaban J connectivity index is 0.00000280. The summed E-state index contributed by atoms with van der Waals surface area (Å²) in [5.74, 6) is -0.166. The second-order valence-corrected chi connectivity index (χ2v) is 8.00. The van der Waals surface area contributed by atoms with Crippen molar-refractivity contribution < 1.29 is 14.3 Å². The normalized spacial score (nSPS) is 21.5. The van der Waals surface area contributed by atoms with Crippen molar-refractivity contribution in [1.29, 1.82) is 0 Å². The molecule has 28 heavy (non-hydrogen) atoms. The Kier molecular flexibility index (Phi) is 8.13. The molecule has 1 aromatic carbocycles. The van der Waals surface area contributed by atoms with E-state index in [0.717, 1.165) is 25.8 Å². The lowest BCUT2D eigenvalue weighted by Gasteiger charge is -2.34. The average Bonchev–Trinajstić information content (AvgIpc) is 2.68. The number of ether oxygens (including phenoxy) is 1. The maximum atomic E-state index is 12.8. The zero-order valence-electron chi connectivity index (χ0n) is 16.2. The highest BCUT2D eigenvalue weighted by atomic mass is 35.5. The van der Waals surface area contributed by atoms with Crippen LogP contribution in [-0.4, -0.2) is 49.1 Å². The van der Waals surface area contributed by atoms with Gasteiger partial charge >= 0.3 is 0 Å². The summed E-state index contributed by atoms with van der Waals surface area (Å²) in [5.41, 5.74) is 6.33. The van der Waals surface area contributed by atoms with E-state index in [9.17, 15) is 9.59 Å². The summed E-state index contributed by atoms with van der Waals surface area (Å²) in [7, 11) is 0. The molecule has 2 aliphatic rings. The number of likely N-dealkylation sites (tertiary alicyclic amines) is 1. The first-order valence-electron chi connectivity index (χ1n) is 9.67. The highest BCUT2D eigenvalue weighted by Crippen LogP contribution is 2.32. The van der Waals surface area contributed by atoms with Crippen molar-refractivity contribution in [3.63, 3.8) is 0 Å². The molecule has 6 nitrogen and oxygen atoms in total. The van der Waals surface area contributed by atoms with Gasteiger partial charge in [-0.15, -0.1) is 12.4 Å². The van der Waals surface area contributed by atoms with Crippen molar-refractivity contribution in [3.05, 3.63) is 28.8 Å². The molecule has 1 unspecified atom stereocenters. The minimum atomic E-state index is -0.609. The van der Waals surface area contributed by atoms with E-state index in [2.05, 4.69) is 12.2 Å². The van der Waals surface area contributed by atoms with Crippen LogP contribution in [0.1, 0.15) is 49.4 Å². The monoisotopic (exact) mass is 429 g/mol. The molecule has 1 atom stereocenters. The van der Waals surface area contributed by atoms with Gasteiger partial charge in [-0.2, -0.15) is 0 Å². The summed E-state index contributed by atoms with van der Waals surface area (Å²) in [6.07, 6.45) is 4.39. The number of carbonyl (C=O) groups is 2. The summed E-state index contributed by atoms with van der Waals surface area (Å²) >= 11 is 6.39. The molecule has 1 aromatic rings. The molecular formula is C20H29Cl2N3O3. The fourth-order valence-corrected chi connectivity index (χ4v) is 4.13. The van der Waals surface area contributed by atoms with Crippen LogP contribution in [0.15, 0.2) is 18.2 Å². The van der Waals surface area contributed by atoms with E-state index in [1.807, 2.05) is 4.90 Å². The number of hydrogen-bond donors (Lipinski definition) is 2. The Morgan fingerprint density at radius 3 is 2.64 bits per heavy atom. The zero-order chi connectivity index (χ0) is 19.4. The fourth-order valence-electron chi connectivity index (χ4n) is 3.87. The van der Waals surface area contributed by atoms with E-state index < -0.39 is 5.41 Å². The molecule has 0 aliphatic carbocycles. The number of piperidine rings is 1. The Labute approximate surface area is 177 Å². The molecule has 8 heteroatoms. The maximum absolute atomic E-state index is 12.8. The maximum Gasteiger partial charge on any atom is 0.255 e. The zero-order valence-corrected chi connectivity index (χ0v) is 17.8. The van der Waals surface area contributed by atoms with Crippen LogP contribution in [0.4, 0.5) is 5.69 Å². The van der Waals surface area contributed by atoms with Crippen LogP contribution in [0, 0.1) is 5.41 Å². The van der Waals surface area contributed by atoms with Crippen LogP contribution in [0.2, 0.25) is 5.02 Å². The van der Waals surface area contributed by atoms with E-state index in [1.165, 1.54) is 0 Å². The summed E-state index contributed by atoms with van der Waals surface area (Å²) in [5, 5.41) is 3.27. The first-order valence-corrected chi connectivity index (χ1v) is 10.0. The number of halogens is 2. The van der Waals surface area contributed by atoms with Crippen LogP contribution < -0.4 is 11.1 Å². The van der Waals surface area contributed by atoms with Gasteiger partial charge in [-0.25, -0.2) is 0 Å². The molecule has 0 saturated carbocycles. The third-order valence-corrected chi connectivity index (χ3v) is 6.16. The topological polar surface area (TPSA) is 84.7 Å². The summed E-state index contributed by atoms with van der Waals surface area (Å²) in [4.78, 5) is 27.5. The summed E-state index contributed by atoms with van der Waals surface area (Å²) in [6, 6.07) is 5.29. The van der Waals surface area contributed by atoms with Gasteiger partial charge < -0.3 is 20.7 Å². The predicted octanol–water partition coefficient (Wildman–Crippen LogP) is 3.47. The third-order valence-electron chi connectivity index (χ3n) is 5.84. The first-order chi connectivity index (χ1) is 13.0. The quantitative estimate of drug-likeness (QED) is 0.766. The lowest BCUT2D eigenvalue weighted by molar-refractivity contribution is -0.130. The predicted molar refractivity (Wildman–Crippen MR) is 113 cm³/mol. The molecule has 3 N–H and O–H groups in total. The highest BCUT2D eigenvalue weighted by molar-refractivity contribution is 6.34. The fraction of sp³-hybridized carbons (Fsp3) is 0.600. The molecule has 2 aliphatic heterocycles. The number of nitrogens with two attached hydrogens (primary N) is 1. The van der Waals surface area contributed by atoms with Gasteiger partial charge in [0.15, 0.2) is 0 Å². The van der Waals surface area contributed by atoms with Crippen LogP contribution >= 0.6 is 24.0 Å². The number of rotatable bonds is 4. The van der Waals surface area contributed by atoms with E-state index in [1.54, 1.807) is 18.2 Å². The molecule has 0 radical (unpaired) electrons. The van der Waals surface area contributed by atoms with Crippen LogP contribution in [0.25, 0.3) is 0 Å². The van der Waals surface area contributed by atoms with Gasteiger partial charge in [0.25, 0.3) is 5.91 Å². The number of anilines is 1. The smallest absolute Gasteiger partial charge is 0.255 e. The third kappa shape index (κ3) is 4.79. The molecule has 2 heterocycles. The Hall–Kier alpha value is -1.34. The van der Waals surface area contributed by atoms with Crippen molar-refractivity contribution >= 4 is 41.5 Å². The molecule has 0 spiro atoms. The van der Waals surface area contributed by atoms with Crippen molar-refractivity contribution in [2.45, 2.75) is 45.1 Å². The van der Waals surface area contributed by atoms with Gasteiger partial charge in [0.05, 0.1) is 16.0 Å². The molecule has 156 valence electrons. The second kappa shape index (κ2) is 9.92. The Morgan fingerprint density at radius 1 is 1.32 bits per heavy atom. The van der Waals surface area contributed by atoms with Crippen molar-refractivity contribution in [3.8, 4) is 0 Å². The largest absolute Gasteiger partial charge is 0.381 e. The highest BCUT2D eigenvalue weighted by Gasteiger charge is 2.39. The van der Waals surface area contributed by atoms with Crippen molar-refractivity contribution in [2.24, 2.45) is 11.1 Å². The van der Waals surface area contributed by atoms with Gasteiger partial charge in [-0.1, -0.05) is 11.6 Å². The standard InChI is InChI=1S/C20H28ClN3O3.ClH/c1-14-4-2-3-9-24(14)18(25)16-6-5-15(12-17(16)21)23-19(26)20(13-22)7-10-27-11-8-20;/h5-6,12,14H,2-4,7-11,13,22H2,1H3,(H,23,26);1H. The lowest BCUT2D eigenvalue weighted by atomic mass is 9.79. The molecule has 2 amide bonds. The number of nitrogens with one attached hydrogen (secondary N) is 1. The number of hydrogen-bond acceptors (Lipinski definition) is 4. The van der Waals surface area contributed by atoms with Gasteiger partial charge in [-0.05, 0) is 57.2 Å². The summed E-state index contributed by atoms with van der Waals surface area (Å²) in [6.45, 7) is 4.18.